The van der Waals surface area contributed by atoms with Crippen LogP contribution in [0.4, 0.5) is 0 Å². The zero-order valence-electron chi connectivity index (χ0n) is 31.0. The van der Waals surface area contributed by atoms with Crippen molar-refractivity contribution in [1.82, 2.24) is 13.7 Å². The van der Waals surface area contributed by atoms with Gasteiger partial charge in [0.2, 0.25) is 0 Å². The van der Waals surface area contributed by atoms with Crippen molar-refractivity contribution >= 4 is 65.4 Å². The summed E-state index contributed by atoms with van der Waals surface area (Å²) in [5, 5.41) is 7.45. The second kappa shape index (κ2) is 12.5. The Hall–Kier alpha value is -7.62. The molecular formula is C54H35N3. The molecule has 57 heavy (non-hydrogen) atoms. The summed E-state index contributed by atoms with van der Waals surface area (Å²) in [5.74, 6) is 0. The lowest BCUT2D eigenvalue weighted by Crippen LogP contribution is -1.96. The minimum absolute atomic E-state index is 1.14. The fraction of sp³-hybridized carbons (Fsp3) is 0. The van der Waals surface area contributed by atoms with Crippen LogP contribution in [0.1, 0.15) is 0 Å². The summed E-state index contributed by atoms with van der Waals surface area (Å²) < 4.78 is 7.26. The number of hydrogen-bond donors (Lipinski definition) is 0. The number of nitrogens with zero attached hydrogens (tertiary/aromatic N) is 3. The van der Waals surface area contributed by atoms with Gasteiger partial charge in [-0.25, -0.2) is 0 Å². The standard InChI is InChI=1S/C54H35N3/c1-4-16-36(17-5-1)46-35-54-48(43-24-12-15-27-51(43)56(54)39-20-8-3-9-21-39)34-45(46)37-28-30-44-41-22-10-13-25-49(41)57(53(44)32-37)40-29-31-52-47(33-40)42-23-11-14-26-50(42)55(52)38-18-6-2-7-19-38/h1-35H. The van der Waals surface area contributed by atoms with Crippen molar-refractivity contribution in [2.45, 2.75) is 0 Å². The Morgan fingerprint density at radius 1 is 0.211 bits per heavy atom. The second-order valence-corrected chi connectivity index (χ2v) is 14.9. The molecule has 0 bridgehead atoms. The highest BCUT2D eigenvalue weighted by atomic mass is 15.0. The van der Waals surface area contributed by atoms with E-state index in [4.69, 9.17) is 0 Å². The molecule has 0 aliphatic rings. The Balaban J connectivity index is 1.13. The fourth-order valence-corrected chi connectivity index (χ4v) is 9.34. The van der Waals surface area contributed by atoms with Crippen molar-refractivity contribution in [3.63, 3.8) is 0 Å². The SMILES string of the molecule is c1ccc(-c2cc3c(cc2-c2ccc4c5ccccc5n(-c5ccc6c(c5)c5ccccc5n6-c5ccccc5)c4c2)c2ccccc2n3-c2ccccc2)cc1. The molecule has 0 saturated heterocycles. The minimum atomic E-state index is 1.14. The first-order valence-corrected chi connectivity index (χ1v) is 19.6. The predicted octanol–water partition coefficient (Wildman–Crippen LogP) is 14.3. The van der Waals surface area contributed by atoms with Crippen LogP contribution < -0.4 is 0 Å². The van der Waals surface area contributed by atoms with E-state index in [9.17, 15) is 0 Å². The van der Waals surface area contributed by atoms with Gasteiger partial charge < -0.3 is 13.7 Å². The smallest absolute Gasteiger partial charge is 0.0547 e. The van der Waals surface area contributed by atoms with Crippen LogP contribution in [0, 0.1) is 0 Å². The maximum Gasteiger partial charge on any atom is 0.0547 e. The van der Waals surface area contributed by atoms with Gasteiger partial charge in [-0.15, -0.1) is 0 Å². The molecule has 12 aromatic rings. The molecule has 3 heterocycles. The quantitative estimate of drug-likeness (QED) is 0.168. The van der Waals surface area contributed by atoms with E-state index < -0.39 is 0 Å². The number of rotatable bonds is 5. The van der Waals surface area contributed by atoms with E-state index in [0.717, 1.165) is 17.1 Å². The zero-order chi connectivity index (χ0) is 37.5. The Morgan fingerprint density at radius 2 is 0.632 bits per heavy atom. The average molecular weight is 726 g/mol. The van der Waals surface area contributed by atoms with Crippen molar-refractivity contribution in [3.8, 4) is 39.3 Å². The summed E-state index contributed by atoms with van der Waals surface area (Å²) in [4.78, 5) is 0. The summed E-state index contributed by atoms with van der Waals surface area (Å²) in [5.41, 5.74) is 15.5. The van der Waals surface area contributed by atoms with E-state index in [-0.39, 0.29) is 0 Å². The highest BCUT2D eigenvalue weighted by Crippen LogP contribution is 2.43. The molecule has 266 valence electrons. The minimum Gasteiger partial charge on any atom is -0.309 e. The van der Waals surface area contributed by atoms with E-state index in [2.05, 4.69) is 226 Å². The van der Waals surface area contributed by atoms with Crippen molar-refractivity contribution in [2.24, 2.45) is 0 Å². The molecular weight excluding hydrogens is 691 g/mol. The molecule has 0 aliphatic heterocycles. The van der Waals surface area contributed by atoms with Crippen LogP contribution in [0.3, 0.4) is 0 Å². The maximum absolute atomic E-state index is 2.46. The normalized spacial score (nSPS) is 11.9. The van der Waals surface area contributed by atoms with Crippen LogP contribution in [-0.4, -0.2) is 13.7 Å². The molecule has 3 nitrogen and oxygen atoms in total. The summed E-state index contributed by atoms with van der Waals surface area (Å²) >= 11 is 0. The van der Waals surface area contributed by atoms with Gasteiger partial charge in [-0.2, -0.15) is 0 Å². The number of aromatic nitrogens is 3. The second-order valence-electron chi connectivity index (χ2n) is 14.9. The molecule has 0 amide bonds. The molecule has 12 rings (SSSR count). The third-order valence-electron chi connectivity index (χ3n) is 11.8. The summed E-state index contributed by atoms with van der Waals surface area (Å²) in [7, 11) is 0. The highest BCUT2D eigenvalue weighted by molar-refractivity contribution is 6.15. The van der Waals surface area contributed by atoms with Crippen LogP contribution in [0.5, 0.6) is 0 Å². The average Bonchev–Trinajstić information content (AvgIpc) is 3.91. The van der Waals surface area contributed by atoms with Crippen molar-refractivity contribution < 1.29 is 0 Å². The van der Waals surface area contributed by atoms with Gasteiger partial charge >= 0.3 is 0 Å². The zero-order valence-corrected chi connectivity index (χ0v) is 31.0. The van der Waals surface area contributed by atoms with E-state index in [1.165, 1.54) is 87.7 Å². The van der Waals surface area contributed by atoms with Gasteiger partial charge in [-0.05, 0) is 101 Å². The number of hydrogen-bond acceptors (Lipinski definition) is 0. The molecule has 9 aromatic carbocycles. The topological polar surface area (TPSA) is 14.8 Å². The summed E-state index contributed by atoms with van der Waals surface area (Å²) in [6, 6.07) is 77.5. The van der Waals surface area contributed by atoms with Crippen LogP contribution in [-0.2, 0) is 0 Å². The number of fused-ring (bicyclic) bond motifs is 9. The Morgan fingerprint density at radius 3 is 1.25 bits per heavy atom. The summed E-state index contributed by atoms with van der Waals surface area (Å²) in [6.07, 6.45) is 0. The van der Waals surface area contributed by atoms with Gasteiger partial charge in [0.25, 0.3) is 0 Å². The maximum atomic E-state index is 2.46. The van der Waals surface area contributed by atoms with Crippen LogP contribution in [0.25, 0.3) is 105 Å². The van der Waals surface area contributed by atoms with Crippen molar-refractivity contribution in [3.05, 3.63) is 212 Å². The first kappa shape index (κ1) is 31.7. The van der Waals surface area contributed by atoms with Crippen molar-refractivity contribution in [2.75, 3.05) is 0 Å². The Labute approximate surface area is 329 Å². The molecule has 0 fully saturated rings. The molecule has 3 heteroatoms. The lowest BCUT2D eigenvalue weighted by molar-refractivity contribution is 1.17. The number of benzene rings is 9. The third kappa shape index (κ3) is 4.79. The van der Waals surface area contributed by atoms with Gasteiger partial charge in [0.15, 0.2) is 0 Å². The molecule has 0 unspecified atom stereocenters. The van der Waals surface area contributed by atoms with Crippen LogP contribution >= 0.6 is 0 Å². The van der Waals surface area contributed by atoms with Gasteiger partial charge in [-0.1, -0.05) is 133 Å². The highest BCUT2D eigenvalue weighted by Gasteiger charge is 2.20. The first-order chi connectivity index (χ1) is 28.3. The Kier molecular flexibility index (Phi) is 6.93. The third-order valence-corrected chi connectivity index (χ3v) is 11.8. The number of para-hydroxylation sites is 5. The van der Waals surface area contributed by atoms with Gasteiger partial charge in [0.05, 0.1) is 33.1 Å². The van der Waals surface area contributed by atoms with E-state index in [0.29, 0.717) is 0 Å². The lowest BCUT2D eigenvalue weighted by atomic mass is 9.92. The largest absolute Gasteiger partial charge is 0.309 e. The van der Waals surface area contributed by atoms with Gasteiger partial charge in [0, 0.05) is 49.4 Å². The molecule has 0 spiro atoms. The molecule has 0 saturated carbocycles. The van der Waals surface area contributed by atoms with Gasteiger partial charge in [0.1, 0.15) is 0 Å². The molecule has 0 aliphatic carbocycles. The molecule has 0 N–H and O–H groups in total. The van der Waals surface area contributed by atoms with E-state index >= 15 is 0 Å². The van der Waals surface area contributed by atoms with Crippen LogP contribution in [0.15, 0.2) is 212 Å². The first-order valence-electron chi connectivity index (χ1n) is 19.6. The predicted molar refractivity (Wildman–Crippen MR) is 240 cm³/mol. The molecule has 0 atom stereocenters. The van der Waals surface area contributed by atoms with Gasteiger partial charge in [-0.3, -0.25) is 0 Å². The summed E-state index contributed by atoms with van der Waals surface area (Å²) in [6.45, 7) is 0. The molecule has 3 aromatic heterocycles. The van der Waals surface area contributed by atoms with E-state index in [1.807, 2.05) is 0 Å². The monoisotopic (exact) mass is 725 g/mol. The Bertz CT molecular complexity index is 3500. The van der Waals surface area contributed by atoms with E-state index in [1.54, 1.807) is 0 Å². The fourth-order valence-electron chi connectivity index (χ4n) is 9.34. The van der Waals surface area contributed by atoms with Crippen LogP contribution in [0.2, 0.25) is 0 Å². The van der Waals surface area contributed by atoms with Crippen molar-refractivity contribution in [1.29, 1.82) is 0 Å². The lowest BCUT2D eigenvalue weighted by Gasteiger charge is -2.15. The molecule has 0 radical (unpaired) electrons.